The fourth-order valence-electron chi connectivity index (χ4n) is 5.38. The minimum Gasteiger partial charge on any atom is -0.508 e. The average molecular weight is 562 g/mol. The first-order chi connectivity index (χ1) is 18.6. The van der Waals surface area contributed by atoms with Gasteiger partial charge in [0.25, 0.3) is 0 Å². The largest absolute Gasteiger partial charge is 0.508 e. The first kappa shape index (κ1) is 29.3. The van der Waals surface area contributed by atoms with E-state index in [1.54, 1.807) is 24.3 Å². The van der Waals surface area contributed by atoms with Crippen molar-refractivity contribution in [2.75, 3.05) is 26.3 Å². The van der Waals surface area contributed by atoms with Crippen molar-refractivity contribution in [3.05, 3.63) is 82.6 Å². The third kappa shape index (κ3) is 8.15. The third-order valence-corrected chi connectivity index (χ3v) is 7.86. The number of allylic oxidation sites excluding steroid dienone is 6. The van der Waals surface area contributed by atoms with E-state index < -0.39 is 5.51 Å². The number of alkyl halides is 4. The second-order valence-corrected chi connectivity index (χ2v) is 11.3. The summed E-state index contributed by atoms with van der Waals surface area (Å²) >= 11 is -0.111. The van der Waals surface area contributed by atoms with Crippen LogP contribution in [0, 0.1) is 0 Å². The molecule has 4 rings (SSSR count). The summed E-state index contributed by atoms with van der Waals surface area (Å²) < 4.78 is 57.2. The van der Waals surface area contributed by atoms with Crippen LogP contribution in [0.3, 0.4) is 0 Å². The molecule has 0 bridgehead atoms. The Morgan fingerprint density at radius 2 is 1.87 bits per heavy atom. The summed E-state index contributed by atoms with van der Waals surface area (Å²) in [5.41, 5.74) is 1.74. The molecule has 39 heavy (non-hydrogen) atoms. The van der Waals surface area contributed by atoms with Crippen LogP contribution in [-0.4, -0.2) is 47.9 Å². The maximum Gasteiger partial charge on any atom is 0.446 e. The van der Waals surface area contributed by atoms with Crippen molar-refractivity contribution in [2.24, 2.45) is 0 Å². The molecule has 8 heteroatoms. The Kier molecular flexibility index (Phi) is 9.83. The number of phenolic OH excluding ortho intramolecular Hbond substituents is 1. The molecule has 1 aliphatic heterocycles. The normalized spacial score (nSPS) is 19.3. The first-order valence-electron chi connectivity index (χ1n) is 13.3. The van der Waals surface area contributed by atoms with Crippen LogP contribution >= 0.6 is 11.8 Å². The third-order valence-electron chi connectivity index (χ3n) is 7.12. The van der Waals surface area contributed by atoms with Crippen molar-refractivity contribution in [3.8, 4) is 5.75 Å². The monoisotopic (exact) mass is 561 g/mol. The quantitative estimate of drug-likeness (QED) is 0.144. The van der Waals surface area contributed by atoms with Gasteiger partial charge in [0.15, 0.2) is 0 Å². The van der Waals surface area contributed by atoms with Crippen LogP contribution in [0.25, 0.3) is 11.1 Å². The van der Waals surface area contributed by atoms with Gasteiger partial charge in [-0.1, -0.05) is 24.3 Å². The predicted molar refractivity (Wildman–Crippen MR) is 150 cm³/mol. The minimum atomic E-state index is -4.33. The summed E-state index contributed by atoms with van der Waals surface area (Å²) in [6.45, 7) is 6.11. The number of thioether (sulfide) groups is 1. The smallest absolute Gasteiger partial charge is 0.446 e. The fraction of sp³-hybridized carbons (Fsp3) is 0.419. The Hall–Kier alpha value is -2.71. The number of phenols is 1. The molecule has 0 radical (unpaired) electrons. The summed E-state index contributed by atoms with van der Waals surface area (Å²) in [5, 5.41) is 10.1. The average Bonchev–Trinajstić information content (AvgIpc) is 3.24. The zero-order chi connectivity index (χ0) is 28.0. The Morgan fingerprint density at radius 3 is 2.59 bits per heavy atom. The second kappa shape index (κ2) is 13.1. The molecule has 1 fully saturated rings. The highest BCUT2D eigenvalue weighted by atomic mass is 32.2. The summed E-state index contributed by atoms with van der Waals surface area (Å²) in [5.74, 6) is 1.01. The van der Waals surface area contributed by atoms with Gasteiger partial charge in [0, 0.05) is 24.5 Å². The molecule has 0 spiro atoms. The van der Waals surface area contributed by atoms with Gasteiger partial charge in [-0.25, -0.2) is 0 Å². The number of likely N-dealkylation sites (tertiary alicyclic amines) is 1. The molecule has 1 aliphatic carbocycles. The lowest BCUT2D eigenvalue weighted by atomic mass is 9.88. The van der Waals surface area contributed by atoms with Crippen molar-refractivity contribution in [1.29, 1.82) is 0 Å². The van der Waals surface area contributed by atoms with E-state index in [0.717, 1.165) is 84.5 Å². The highest BCUT2D eigenvalue weighted by Crippen LogP contribution is 2.42. The lowest BCUT2D eigenvalue weighted by Crippen LogP contribution is -2.24. The van der Waals surface area contributed by atoms with Gasteiger partial charge in [0.2, 0.25) is 0 Å². The van der Waals surface area contributed by atoms with Crippen LogP contribution in [0.5, 0.6) is 5.75 Å². The van der Waals surface area contributed by atoms with E-state index >= 15 is 0 Å². The molecule has 210 valence electrons. The molecule has 0 aromatic heterocycles. The van der Waals surface area contributed by atoms with Crippen LogP contribution < -0.4 is 0 Å². The van der Waals surface area contributed by atoms with Gasteiger partial charge < -0.3 is 9.84 Å². The highest BCUT2D eigenvalue weighted by molar-refractivity contribution is 8.00. The van der Waals surface area contributed by atoms with E-state index in [4.69, 9.17) is 4.74 Å². The maximum atomic E-state index is 12.9. The molecule has 1 N–H and O–H groups in total. The number of nitrogens with zero attached hydrogens (tertiary/aromatic N) is 1. The van der Waals surface area contributed by atoms with Crippen LogP contribution in [-0.2, 0) is 11.2 Å². The summed E-state index contributed by atoms with van der Waals surface area (Å²) in [7, 11) is 0. The van der Waals surface area contributed by atoms with Gasteiger partial charge in [0.1, 0.15) is 11.9 Å². The Balaban J connectivity index is 1.63. The van der Waals surface area contributed by atoms with Crippen molar-refractivity contribution in [3.63, 3.8) is 0 Å². The van der Waals surface area contributed by atoms with E-state index in [9.17, 15) is 22.7 Å². The van der Waals surface area contributed by atoms with Crippen LogP contribution in [0.15, 0.2) is 70.8 Å². The van der Waals surface area contributed by atoms with E-state index in [-0.39, 0.29) is 35.2 Å². The summed E-state index contributed by atoms with van der Waals surface area (Å²) in [6.07, 6.45) is 7.94. The minimum absolute atomic E-state index is 0.0824. The molecule has 2 aliphatic rings. The summed E-state index contributed by atoms with van der Waals surface area (Å²) in [6, 6.07) is 12.0. The zero-order valence-electron chi connectivity index (χ0n) is 22.4. The van der Waals surface area contributed by atoms with Gasteiger partial charge in [-0.15, -0.1) is 0 Å². The molecule has 1 heterocycles. The van der Waals surface area contributed by atoms with E-state index in [2.05, 4.69) is 4.90 Å². The van der Waals surface area contributed by atoms with Crippen molar-refractivity contribution in [1.82, 2.24) is 4.90 Å². The molecule has 1 saturated heterocycles. The molecule has 1 atom stereocenters. The van der Waals surface area contributed by atoms with E-state index in [1.807, 2.05) is 32.1 Å². The molecule has 2 aromatic carbocycles. The number of aryl methyl sites for hydroxylation is 1. The predicted octanol–water partition coefficient (Wildman–Crippen LogP) is 8.55. The zero-order valence-corrected chi connectivity index (χ0v) is 23.2. The van der Waals surface area contributed by atoms with E-state index in [1.165, 1.54) is 12.1 Å². The number of hydrogen-bond donors (Lipinski definition) is 1. The SMILES string of the molecule is C/C(=C\C=C(/C)C1=C(c2ccc(SC(F)(F)F)cc2)CCCc2cc(O)ccc21)O[C@H]1CCN(CCCF)C1. The first-order valence-corrected chi connectivity index (χ1v) is 14.2. The van der Waals surface area contributed by atoms with E-state index in [0.29, 0.717) is 6.42 Å². The van der Waals surface area contributed by atoms with Crippen molar-refractivity contribution in [2.45, 2.75) is 62.5 Å². The number of aromatic hydroxyl groups is 1. The topological polar surface area (TPSA) is 32.7 Å². The molecular weight excluding hydrogens is 526 g/mol. The molecule has 0 unspecified atom stereocenters. The number of fused-ring (bicyclic) bond motifs is 1. The molecule has 3 nitrogen and oxygen atoms in total. The maximum absolute atomic E-state index is 12.9. The van der Waals surface area contributed by atoms with Gasteiger partial charge >= 0.3 is 5.51 Å². The van der Waals surface area contributed by atoms with Crippen molar-refractivity contribution < 1.29 is 27.4 Å². The number of benzene rings is 2. The summed E-state index contributed by atoms with van der Waals surface area (Å²) in [4.78, 5) is 2.39. The van der Waals surface area contributed by atoms with Gasteiger partial charge in [-0.3, -0.25) is 9.29 Å². The lowest BCUT2D eigenvalue weighted by Gasteiger charge is -2.18. The van der Waals surface area contributed by atoms with Gasteiger partial charge in [-0.2, -0.15) is 13.2 Å². The number of hydrogen-bond acceptors (Lipinski definition) is 4. The Bertz CT molecular complexity index is 1230. The van der Waals surface area contributed by atoms with Crippen LogP contribution in [0.4, 0.5) is 17.6 Å². The van der Waals surface area contributed by atoms with Gasteiger partial charge in [0.05, 0.1) is 12.4 Å². The molecular formula is C31H35F4NO2S. The lowest BCUT2D eigenvalue weighted by molar-refractivity contribution is -0.0328. The Labute approximate surface area is 232 Å². The number of halogens is 4. The number of ether oxygens (including phenoxy) is 1. The van der Waals surface area contributed by atoms with Crippen molar-refractivity contribution >= 4 is 22.9 Å². The van der Waals surface area contributed by atoms with Crippen LogP contribution in [0.2, 0.25) is 0 Å². The molecule has 0 saturated carbocycles. The van der Waals surface area contributed by atoms with Crippen LogP contribution in [0.1, 0.15) is 56.2 Å². The molecule has 0 amide bonds. The molecule has 2 aromatic rings. The highest BCUT2D eigenvalue weighted by Gasteiger charge is 2.29. The fourth-order valence-corrected chi connectivity index (χ4v) is 5.92. The Morgan fingerprint density at radius 1 is 1.10 bits per heavy atom. The van der Waals surface area contributed by atoms with Gasteiger partial charge in [-0.05, 0) is 121 Å². The standard InChI is InChI=1S/C31H35F4NO2S/c1-21(7-8-22(2)38-26-15-18-36(20-26)17-4-16-32)30-28(6-3-5-24-19-25(37)11-14-29(24)30)23-9-12-27(13-10-23)39-31(33,34)35/h7-14,19,26,37H,3-6,15-18,20H2,1-2H3/b21-7+,22-8+/t26-/m0/s1. The second-order valence-electron chi connectivity index (χ2n) is 10.1. The number of rotatable bonds is 9.